The zero-order chi connectivity index (χ0) is 24.1. The number of aliphatic imine (C=N–C) groups is 1. The van der Waals surface area contributed by atoms with Crippen LogP contribution in [0.5, 0.6) is 0 Å². The first-order valence-corrected chi connectivity index (χ1v) is 11.2. The molecule has 3 N–H and O–H groups in total. The number of nitrogens with zero attached hydrogens (tertiary/aromatic N) is 3. The molecule has 1 unspecified atom stereocenters. The summed E-state index contributed by atoms with van der Waals surface area (Å²) in [6.07, 6.45) is 3.51. The first kappa shape index (κ1) is 30.9. The summed E-state index contributed by atoms with van der Waals surface area (Å²) in [5.41, 5.74) is -0.00239. The fraction of sp³-hybridized carbons (Fsp3) is 0.652. The Hall–Kier alpha value is -2.11. The number of amides is 2. The van der Waals surface area contributed by atoms with Gasteiger partial charge in [-0.15, -0.1) is 24.0 Å². The highest BCUT2D eigenvalue weighted by atomic mass is 127. The summed E-state index contributed by atoms with van der Waals surface area (Å²) in [5.74, 6) is 0.848. The summed E-state index contributed by atoms with van der Waals surface area (Å²) in [6.45, 7) is 14.0. The lowest BCUT2D eigenvalue weighted by atomic mass is 10.0. The molecule has 1 rings (SSSR count). The van der Waals surface area contributed by atoms with Gasteiger partial charge >= 0.3 is 6.09 Å². The number of pyridine rings is 1. The second-order valence-electron chi connectivity index (χ2n) is 8.94. The Balaban J connectivity index is 0.0000102. The minimum atomic E-state index is -0.528. The molecule has 0 spiro atoms. The number of rotatable bonds is 10. The topological polar surface area (TPSA) is 108 Å². The maximum atomic E-state index is 12.2. The van der Waals surface area contributed by atoms with Crippen molar-refractivity contribution < 1.29 is 14.3 Å². The highest BCUT2D eigenvalue weighted by molar-refractivity contribution is 14.0. The summed E-state index contributed by atoms with van der Waals surface area (Å²) in [7, 11) is 1.96. The van der Waals surface area contributed by atoms with Crippen molar-refractivity contribution in [1.82, 2.24) is 25.8 Å². The zero-order valence-electron chi connectivity index (χ0n) is 21.0. The van der Waals surface area contributed by atoms with Crippen LogP contribution in [0.4, 0.5) is 4.79 Å². The van der Waals surface area contributed by atoms with E-state index in [2.05, 4.69) is 39.8 Å². The number of aromatic nitrogens is 1. The van der Waals surface area contributed by atoms with Crippen molar-refractivity contribution in [2.24, 2.45) is 10.9 Å². The van der Waals surface area contributed by atoms with E-state index in [-0.39, 0.29) is 41.8 Å². The molecule has 33 heavy (non-hydrogen) atoms. The number of carbonyl (C=O) groups excluding carboxylic acids is 2. The molecule has 0 saturated carbocycles. The summed E-state index contributed by atoms with van der Waals surface area (Å²) < 4.78 is 5.39. The molecule has 1 atom stereocenters. The Labute approximate surface area is 215 Å². The molecule has 0 fully saturated rings. The average Bonchev–Trinajstić information content (AvgIpc) is 2.72. The number of hydrogen-bond acceptors (Lipinski definition) is 5. The van der Waals surface area contributed by atoms with E-state index in [0.29, 0.717) is 25.2 Å². The van der Waals surface area contributed by atoms with Crippen LogP contribution in [-0.4, -0.2) is 72.7 Å². The van der Waals surface area contributed by atoms with Gasteiger partial charge in [0, 0.05) is 45.1 Å². The van der Waals surface area contributed by atoms with Crippen LogP contribution in [0.3, 0.4) is 0 Å². The molecule has 1 aromatic rings. The van der Waals surface area contributed by atoms with Crippen LogP contribution in [0.25, 0.3) is 0 Å². The fourth-order valence-corrected chi connectivity index (χ4v) is 2.87. The second kappa shape index (κ2) is 15.7. The fourth-order valence-electron chi connectivity index (χ4n) is 2.87. The maximum absolute atomic E-state index is 12.2. The highest BCUT2D eigenvalue weighted by Gasteiger charge is 2.22. The van der Waals surface area contributed by atoms with Crippen molar-refractivity contribution in [1.29, 1.82) is 0 Å². The third-order valence-electron chi connectivity index (χ3n) is 4.56. The van der Waals surface area contributed by atoms with E-state index < -0.39 is 11.7 Å². The van der Waals surface area contributed by atoms with Crippen LogP contribution >= 0.6 is 24.0 Å². The molecular weight excluding hydrogens is 535 g/mol. The van der Waals surface area contributed by atoms with Crippen LogP contribution in [0.15, 0.2) is 29.5 Å². The van der Waals surface area contributed by atoms with Gasteiger partial charge in [-0.25, -0.2) is 4.79 Å². The Kier molecular flexibility index (Phi) is 14.7. The Morgan fingerprint density at radius 1 is 1.24 bits per heavy atom. The van der Waals surface area contributed by atoms with Crippen molar-refractivity contribution in [3.63, 3.8) is 0 Å². The van der Waals surface area contributed by atoms with Gasteiger partial charge in [0.2, 0.25) is 0 Å². The predicted molar refractivity (Wildman–Crippen MR) is 143 cm³/mol. The number of nitrogens with one attached hydrogen (secondary N) is 3. The number of hydrogen-bond donors (Lipinski definition) is 3. The summed E-state index contributed by atoms with van der Waals surface area (Å²) in [6, 6.07) is 3.43. The normalized spacial score (nSPS) is 12.4. The number of guanidine groups is 1. The molecule has 10 heteroatoms. The van der Waals surface area contributed by atoms with Crippen molar-refractivity contribution >= 4 is 41.9 Å². The van der Waals surface area contributed by atoms with Crippen LogP contribution in [-0.2, 0) is 4.74 Å². The molecule has 0 aliphatic heterocycles. The van der Waals surface area contributed by atoms with E-state index in [9.17, 15) is 9.59 Å². The van der Waals surface area contributed by atoms with Crippen LogP contribution in [0.2, 0.25) is 0 Å². The first-order valence-electron chi connectivity index (χ1n) is 11.2. The molecule has 0 radical (unpaired) electrons. The molecule has 0 aliphatic carbocycles. The molecule has 9 nitrogen and oxygen atoms in total. The molecule has 1 aromatic heterocycles. The standard InChI is InChI=1S/C23H40N6O3.HI/c1-8-25-21(27-14-13-26-20(30)18-10-9-12-24-16-18)29(7)15-11-19(17(2)3)28-22(31)32-23(4,5)6;/h9-10,12,16-17,19H,8,11,13-15H2,1-7H3,(H,25,27)(H,26,30)(H,28,31);1H. The molecule has 0 saturated heterocycles. The summed E-state index contributed by atoms with van der Waals surface area (Å²) >= 11 is 0. The SMILES string of the molecule is CCNC(=NCCNC(=O)c1cccnc1)N(C)CCC(NC(=O)OC(C)(C)C)C(C)C.I. The van der Waals surface area contributed by atoms with Gasteiger partial charge < -0.3 is 25.6 Å². The molecule has 2 amide bonds. The molecule has 1 heterocycles. The number of halogens is 1. The monoisotopic (exact) mass is 576 g/mol. The smallest absolute Gasteiger partial charge is 0.407 e. The van der Waals surface area contributed by atoms with E-state index in [1.54, 1.807) is 18.3 Å². The predicted octanol–water partition coefficient (Wildman–Crippen LogP) is 3.27. The van der Waals surface area contributed by atoms with Crippen LogP contribution < -0.4 is 16.0 Å². The highest BCUT2D eigenvalue weighted by Crippen LogP contribution is 2.11. The van der Waals surface area contributed by atoms with E-state index in [1.807, 2.05) is 39.6 Å². The minimum Gasteiger partial charge on any atom is -0.444 e. The maximum Gasteiger partial charge on any atom is 0.407 e. The lowest BCUT2D eigenvalue weighted by molar-refractivity contribution is 0.0485. The van der Waals surface area contributed by atoms with Gasteiger partial charge in [-0.2, -0.15) is 0 Å². The average molecular weight is 577 g/mol. The molecule has 0 aliphatic rings. The zero-order valence-corrected chi connectivity index (χ0v) is 23.3. The van der Waals surface area contributed by atoms with Gasteiger partial charge in [-0.1, -0.05) is 13.8 Å². The quantitative estimate of drug-likeness (QED) is 0.171. The van der Waals surface area contributed by atoms with Gasteiger partial charge in [0.1, 0.15) is 5.60 Å². The minimum absolute atomic E-state index is 0. The van der Waals surface area contributed by atoms with Crippen LogP contribution in [0, 0.1) is 5.92 Å². The van der Waals surface area contributed by atoms with E-state index in [0.717, 1.165) is 18.9 Å². The number of alkyl carbamates (subject to hydrolysis) is 1. The third-order valence-corrected chi connectivity index (χ3v) is 4.56. The number of ether oxygens (including phenoxy) is 1. The number of carbonyl (C=O) groups is 2. The Morgan fingerprint density at radius 2 is 1.94 bits per heavy atom. The van der Waals surface area contributed by atoms with Crippen molar-refractivity contribution in [3.8, 4) is 0 Å². The molecule has 188 valence electrons. The lowest BCUT2D eigenvalue weighted by Crippen LogP contribution is -2.45. The van der Waals surface area contributed by atoms with Gasteiger partial charge in [-0.3, -0.25) is 14.8 Å². The first-order chi connectivity index (χ1) is 15.0. The molecular formula is C23H41IN6O3. The van der Waals surface area contributed by atoms with E-state index in [1.165, 1.54) is 6.20 Å². The summed E-state index contributed by atoms with van der Waals surface area (Å²) in [4.78, 5) is 34.8. The lowest BCUT2D eigenvalue weighted by Gasteiger charge is -2.28. The van der Waals surface area contributed by atoms with Gasteiger partial charge in [-0.05, 0) is 52.2 Å². The second-order valence-corrected chi connectivity index (χ2v) is 8.94. The largest absolute Gasteiger partial charge is 0.444 e. The van der Waals surface area contributed by atoms with Crippen molar-refractivity contribution in [2.75, 3.05) is 33.2 Å². The van der Waals surface area contributed by atoms with Gasteiger partial charge in [0.25, 0.3) is 5.91 Å². The van der Waals surface area contributed by atoms with Crippen LogP contribution in [0.1, 0.15) is 58.3 Å². The van der Waals surface area contributed by atoms with Crippen molar-refractivity contribution in [3.05, 3.63) is 30.1 Å². The Morgan fingerprint density at radius 3 is 2.48 bits per heavy atom. The van der Waals surface area contributed by atoms with Gasteiger partial charge in [0.15, 0.2) is 5.96 Å². The third kappa shape index (κ3) is 13.2. The van der Waals surface area contributed by atoms with Gasteiger partial charge in [0.05, 0.1) is 12.1 Å². The van der Waals surface area contributed by atoms with Crippen molar-refractivity contribution in [2.45, 2.75) is 59.6 Å². The summed E-state index contributed by atoms with van der Waals surface area (Å²) in [5, 5.41) is 9.09. The molecule has 0 bridgehead atoms. The Bertz CT molecular complexity index is 737. The van der Waals surface area contributed by atoms with E-state index >= 15 is 0 Å². The van der Waals surface area contributed by atoms with E-state index in [4.69, 9.17) is 4.74 Å². The molecule has 0 aromatic carbocycles.